The second kappa shape index (κ2) is 4.09. The molecule has 0 radical (unpaired) electrons. The van der Waals surface area contributed by atoms with Crippen molar-refractivity contribution in [3.8, 4) is 11.3 Å². The molecule has 0 saturated carbocycles. The summed E-state index contributed by atoms with van der Waals surface area (Å²) < 4.78 is 0. The van der Waals surface area contributed by atoms with Gasteiger partial charge in [-0.25, -0.2) is 0 Å². The summed E-state index contributed by atoms with van der Waals surface area (Å²) in [6, 6.07) is 8.65. The highest BCUT2D eigenvalue weighted by Crippen LogP contribution is 2.21. The minimum Gasteiger partial charge on any atom is -0.256 e. The van der Waals surface area contributed by atoms with Crippen LogP contribution in [-0.4, -0.2) is 4.98 Å². The summed E-state index contributed by atoms with van der Waals surface area (Å²) in [7, 11) is 0. The molecule has 16 heavy (non-hydrogen) atoms. The quantitative estimate of drug-likeness (QED) is 0.695. The highest BCUT2D eigenvalue weighted by Gasteiger charge is 2.02. The van der Waals surface area contributed by atoms with Crippen LogP contribution in [0.1, 0.15) is 22.3 Å². The molecule has 0 saturated heterocycles. The summed E-state index contributed by atoms with van der Waals surface area (Å²) in [6.45, 7) is 8.49. The first-order valence-corrected chi connectivity index (χ1v) is 5.59. The minimum absolute atomic E-state index is 1.06. The molecule has 2 aromatic rings. The van der Waals surface area contributed by atoms with E-state index in [1.54, 1.807) is 0 Å². The zero-order chi connectivity index (χ0) is 11.7. The molecule has 1 heteroatoms. The monoisotopic (exact) mass is 211 g/mol. The average molecular weight is 211 g/mol. The lowest BCUT2D eigenvalue weighted by Crippen LogP contribution is -1.89. The fraction of sp³-hybridized carbons (Fsp3) is 0.267. The first-order valence-electron chi connectivity index (χ1n) is 5.59. The van der Waals surface area contributed by atoms with Gasteiger partial charge in [-0.15, -0.1) is 0 Å². The number of benzene rings is 1. The third kappa shape index (κ3) is 1.99. The molecule has 1 nitrogen and oxygen atoms in total. The van der Waals surface area contributed by atoms with E-state index in [2.05, 4.69) is 56.9 Å². The van der Waals surface area contributed by atoms with Crippen LogP contribution in [0.3, 0.4) is 0 Å². The van der Waals surface area contributed by atoms with Crippen molar-refractivity contribution in [2.75, 3.05) is 0 Å². The zero-order valence-electron chi connectivity index (χ0n) is 10.3. The van der Waals surface area contributed by atoms with E-state index < -0.39 is 0 Å². The lowest BCUT2D eigenvalue weighted by molar-refractivity contribution is 1.21. The van der Waals surface area contributed by atoms with Crippen LogP contribution in [0.4, 0.5) is 0 Å². The van der Waals surface area contributed by atoms with Gasteiger partial charge in [0, 0.05) is 11.8 Å². The number of nitrogens with zero attached hydrogens (tertiary/aromatic N) is 1. The maximum atomic E-state index is 4.48. The maximum Gasteiger partial charge on any atom is 0.0704 e. The topological polar surface area (TPSA) is 12.9 Å². The molecule has 0 aliphatic heterocycles. The van der Waals surface area contributed by atoms with Crippen molar-refractivity contribution in [3.63, 3.8) is 0 Å². The van der Waals surface area contributed by atoms with Crippen LogP contribution < -0.4 is 0 Å². The summed E-state index contributed by atoms with van der Waals surface area (Å²) in [6.07, 6.45) is 1.94. The normalized spacial score (nSPS) is 10.5. The van der Waals surface area contributed by atoms with Gasteiger partial charge in [0.25, 0.3) is 0 Å². The van der Waals surface area contributed by atoms with Crippen LogP contribution in [0, 0.1) is 27.7 Å². The Morgan fingerprint density at radius 2 is 1.44 bits per heavy atom. The van der Waals surface area contributed by atoms with Crippen molar-refractivity contribution in [1.29, 1.82) is 0 Å². The van der Waals surface area contributed by atoms with Gasteiger partial charge in [-0.2, -0.15) is 0 Å². The minimum atomic E-state index is 1.06. The maximum absolute atomic E-state index is 4.48. The van der Waals surface area contributed by atoms with Crippen molar-refractivity contribution >= 4 is 0 Å². The molecule has 82 valence electrons. The third-order valence-electron chi connectivity index (χ3n) is 3.18. The van der Waals surface area contributed by atoms with Crippen molar-refractivity contribution in [2.24, 2.45) is 0 Å². The zero-order valence-corrected chi connectivity index (χ0v) is 10.3. The molecule has 0 amide bonds. The highest BCUT2D eigenvalue weighted by molar-refractivity contribution is 5.61. The SMILES string of the molecule is Cc1ccc(-c2cc(C)c(C)cn2)cc1C. The largest absolute Gasteiger partial charge is 0.256 e. The molecule has 0 spiro atoms. The van der Waals surface area contributed by atoms with E-state index in [0.717, 1.165) is 5.69 Å². The highest BCUT2D eigenvalue weighted by atomic mass is 14.7. The number of aromatic nitrogens is 1. The van der Waals surface area contributed by atoms with Gasteiger partial charge in [0.2, 0.25) is 0 Å². The van der Waals surface area contributed by atoms with Crippen LogP contribution >= 0.6 is 0 Å². The molecule has 0 fully saturated rings. The van der Waals surface area contributed by atoms with Crippen molar-refractivity contribution in [3.05, 3.63) is 52.7 Å². The fourth-order valence-electron chi connectivity index (χ4n) is 1.68. The van der Waals surface area contributed by atoms with Gasteiger partial charge in [0.1, 0.15) is 0 Å². The van der Waals surface area contributed by atoms with E-state index in [4.69, 9.17) is 0 Å². The Bertz CT molecular complexity index is 477. The third-order valence-corrected chi connectivity index (χ3v) is 3.18. The fourth-order valence-corrected chi connectivity index (χ4v) is 1.68. The van der Waals surface area contributed by atoms with E-state index in [-0.39, 0.29) is 0 Å². The molecule has 1 aromatic carbocycles. The second-order valence-corrected chi connectivity index (χ2v) is 4.45. The van der Waals surface area contributed by atoms with Gasteiger partial charge in [-0.3, -0.25) is 4.98 Å². The molecule has 0 unspecified atom stereocenters. The second-order valence-electron chi connectivity index (χ2n) is 4.45. The van der Waals surface area contributed by atoms with Gasteiger partial charge in [0.15, 0.2) is 0 Å². The van der Waals surface area contributed by atoms with E-state index in [9.17, 15) is 0 Å². The van der Waals surface area contributed by atoms with Gasteiger partial charge in [-0.05, 0) is 62.1 Å². The number of pyridine rings is 1. The number of rotatable bonds is 1. The first-order chi connectivity index (χ1) is 7.58. The molecule has 0 aliphatic rings. The molecule has 0 bridgehead atoms. The molecule has 0 N–H and O–H groups in total. The lowest BCUT2D eigenvalue weighted by atomic mass is 10.0. The standard InChI is InChI=1S/C15H17N/c1-10-5-6-14(7-11(10)2)15-8-12(3)13(4)9-16-15/h5-9H,1-4H3. The molecular formula is C15H17N. The van der Waals surface area contributed by atoms with E-state index in [1.165, 1.54) is 27.8 Å². The summed E-state index contributed by atoms with van der Waals surface area (Å²) in [5.41, 5.74) is 7.44. The van der Waals surface area contributed by atoms with Gasteiger partial charge in [-0.1, -0.05) is 12.1 Å². The van der Waals surface area contributed by atoms with Crippen LogP contribution in [0.5, 0.6) is 0 Å². The molecule has 0 aliphatic carbocycles. The molecule has 1 heterocycles. The Morgan fingerprint density at radius 1 is 0.750 bits per heavy atom. The smallest absolute Gasteiger partial charge is 0.0704 e. The van der Waals surface area contributed by atoms with E-state index in [1.807, 2.05) is 6.20 Å². The van der Waals surface area contributed by atoms with Crippen molar-refractivity contribution in [1.82, 2.24) is 4.98 Å². The summed E-state index contributed by atoms with van der Waals surface area (Å²) in [5.74, 6) is 0. The van der Waals surface area contributed by atoms with E-state index in [0.29, 0.717) is 0 Å². The molecular weight excluding hydrogens is 194 g/mol. The van der Waals surface area contributed by atoms with Gasteiger partial charge < -0.3 is 0 Å². The number of aryl methyl sites for hydroxylation is 4. The Kier molecular flexibility index (Phi) is 2.78. The Labute approximate surface area is 97.2 Å². The molecule has 0 atom stereocenters. The Morgan fingerprint density at radius 3 is 2.06 bits per heavy atom. The molecule has 1 aromatic heterocycles. The predicted molar refractivity (Wildman–Crippen MR) is 68.6 cm³/mol. The number of hydrogen-bond donors (Lipinski definition) is 0. The molecule has 2 rings (SSSR count). The van der Waals surface area contributed by atoms with Crippen LogP contribution in [-0.2, 0) is 0 Å². The predicted octanol–water partition coefficient (Wildman–Crippen LogP) is 3.98. The Hall–Kier alpha value is -1.63. The first kappa shape index (κ1) is 10.9. The Balaban J connectivity index is 2.50. The van der Waals surface area contributed by atoms with Gasteiger partial charge >= 0.3 is 0 Å². The summed E-state index contributed by atoms with van der Waals surface area (Å²) in [5, 5.41) is 0. The van der Waals surface area contributed by atoms with Crippen LogP contribution in [0.15, 0.2) is 30.5 Å². The van der Waals surface area contributed by atoms with Crippen LogP contribution in [0.25, 0.3) is 11.3 Å². The van der Waals surface area contributed by atoms with E-state index >= 15 is 0 Å². The lowest BCUT2D eigenvalue weighted by Gasteiger charge is -2.07. The van der Waals surface area contributed by atoms with Crippen molar-refractivity contribution < 1.29 is 0 Å². The number of hydrogen-bond acceptors (Lipinski definition) is 1. The van der Waals surface area contributed by atoms with Crippen molar-refractivity contribution in [2.45, 2.75) is 27.7 Å². The summed E-state index contributed by atoms with van der Waals surface area (Å²) >= 11 is 0. The van der Waals surface area contributed by atoms with Gasteiger partial charge in [0.05, 0.1) is 5.69 Å². The summed E-state index contributed by atoms with van der Waals surface area (Å²) in [4.78, 5) is 4.48. The average Bonchev–Trinajstić information content (AvgIpc) is 2.26. The van der Waals surface area contributed by atoms with Crippen LogP contribution in [0.2, 0.25) is 0 Å².